The molecule has 0 amide bonds. The third kappa shape index (κ3) is 7.84. The van der Waals surface area contributed by atoms with Gasteiger partial charge in [0, 0.05) is 40.4 Å². The Balaban J connectivity index is 0.00000364. The van der Waals surface area contributed by atoms with Crippen LogP contribution < -0.4 is 15.4 Å². The molecule has 0 aliphatic heterocycles. The van der Waals surface area contributed by atoms with Gasteiger partial charge in [0.15, 0.2) is 5.96 Å². The first-order valence-electron chi connectivity index (χ1n) is 8.98. The zero-order chi connectivity index (χ0) is 18.9. The van der Waals surface area contributed by atoms with E-state index in [0.717, 1.165) is 19.6 Å². The maximum absolute atomic E-state index is 12.1. The molecule has 1 aromatic heterocycles. The summed E-state index contributed by atoms with van der Waals surface area (Å²) in [6, 6.07) is 3.33. The number of guanidine groups is 1. The minimum atomic E-state index is -3.41. The van der Waals surface area contributed by atoms with Crippen molar-refractivity contribution in [3.8, 4) is 0 Å². The number of hydrogen-bond acceptors (Lipinski definition) is 5. The Morgan fingerprint density at radius 3 is 2.63 bits per heavy atom. The monoisotopic (exact) mass is 530 g/mol. The van der Waals surface area contributed by atoms with E-state index in [2.05, 4.69) is 20.3 Å². The molecule has 0 unspecified atom stereocenters. The largest absolute Gasteiger partial charge is 0.385 e. The van der Waals surface area contributed by atoms with E-state index < -0.39 is 10.0 Å². The van der Waals surface area contributed by atoms with Crippen molar-refractivity contribution in [2.75, 3.05) is 40.4 Å². The number of nitrogens with one attached hydrogen (secondary N) is 3. The third-order valence-electron chi connectivity index (χ3n) is 4.82. The predicted molar refractivity (Wildman–Crippen MR) is 122 cm³/mol. The minimum Gasteiger partial charge on any atom is -0.385 e. The molecule has 1 aliphatic carbocycles. The first kappa shape index (κ1) is 24.6. The SMILES string of the molecule is CN=C(NCCNS(=O)(=O)c1cccs1)NCC1(CCOC)CCCC1.I. The third-order valence-corrected chi connectivity index (χ3v) is 7.68. The molecule has 156 valence electrons. The number of methoxy groups -OCH3 is 1. The van der Waals surface area contributed by atoms with E-state index in [4.69, 9.17) is 4.74 Å². The van der Waals surface area contributed by atoms with Gasteiger partial charge in [0.05, 0.1) is 0 Å². The molecule has 0 spiro atoms. The van der Waals surface area contributed by atoms with Gasteiger partial charge in [-0.3, -0.25) is 4.99 Å². The number of hydrogen-bond donors (Lipinski definition) is 3. The summed E-state index contributed by atoms with van der Waals surface area (Å²) < 4.78 is 32.3. The number of aliphatic imine (C=N–C) groups is 1. The molecule has 1 saturated carbocycles. The highest BCUT2D eigenvalue weighted by Crippen LogP contribution is 2.40. The van der Waals surface area contributed by atoms with Crippen LogP contribution in [0.25, 0.3) is 0 Å². The van der Waals surface area contributed by atoms with Crippen LogP contribution in [0.2, 0.25) is 0 Å². The first-order valence-corrected chi connectivity index (χ1v) is 11.3. The second-order valence-corrected chi connectivity index (χ2v) is 9.57. The van der Waals surface area contributed by atoms with E-state index in [-0.39, 0.29) is 29.4 Å². The Bertz CT molecular complexity index is 660. The van der Waals surface area contributed by atoms with Crippen molar-refractivity contribution in [3.05, 3.63) is 17.5 Å². The lowest BCUT2D eigenvalue weighted by molar-refractivity contribution is 0.138. The molecular formula is C17H31IN4O3S2. The predicted octanol–water partition coefficient (Wildman–Crippen LogP) is 2.41. The Morgan fingerprint density at radius 1 is 1.30 bits per heavy atom. The van der Waals surface area contributed by atoms with Crippen LogP contribution in [-0.2, 0) is 14.8 Å². The summed E-state index contributed by atoms with van der Waals surface area (Å²) in [5.74, 6) is 0.698. The summed E-state index contributed by atoms with van der Waals surface area (Å²) in [7, 11) is 0.0550. The van der Waals surface area contributed by atoms with Crippen LogP contribution in [0.5, 0.6) is 0 Å². The van der Waals surface area contributed by atoms with Gasteiger partial charge in [-0.05, 0) is 36.1 Å². The summed E-state index contributed by atoms with van der Waals surface area (Å²) >= 11 is 1.21. The smallest absolute Gasteiger partial charge is 0.250 e. The molecule has 0 atom stereocenters. The number of thiophene rings is 1. The number of rotatable bonds is 10. The number of sulfonamides is 1. The molecule has 1 heterocycles. The lowest BCUT2D eigenvalue weighted by Crippen LogP contribution is -2.45. The molecule has 1 aliphatic rings. The second-order valence-electron chi connectivity index (χ2n) is 6.63. The molecule has 0 saturated heterocycles. The van der Waals surface area contributed by atoms with Crippen molar-refractivity contribution in [1.82, 2.24) is 15.4 Å². The van der Waals surface area contributed by atoms with E-state index in [1.165, 1.54) is 37.0 Å². The fourth-order valence-electron chi connectivity index (χ4n) is 3.30. The molecule has 0 bridgehead atoms. The highest BCUT2D eigenvalue weighted by atomic mass is 127. The number of ether oxygens (including phenoxy) is 1. The molecule has 0 aromatic carbocycles. The summed E-state index contributed by atoms with van der Waals surface area (Å²) in [5, 5.41) is 8.31. The summed E-state index contributed by atoms with van der Waals surface area (Å²) in [6.07, 6.45) is 6.00. The lowest BCUT2D eigenvalue weighted by Gasteiger charge is -2.30. The molecule has 0 radical (unpaired) electrons. The van der Waals surface area contributed by atoms with E-state index in [1.807, 2.05) is 0 Å². The molecule has 1 fully saturated rings. The lowest BCUT2D eigenvalue weighted by atomic mass is 9.83. The van der Waals surface area contributed by atoms with Gasteiger partial charge in [-0.2, -0.15) is 0 Å². The van der Waals surface area contributed by atoms with Crippen LogP contribution in [0.4, 0.5) is 0 Å². The van der Waals surface area contributed by atoms with E-state index in [9.17, 15) is 8.42 Å². The maximum Gasteiger partial charge on any atom is 0.250 e. The van der Waals surface area contributed by atoms with Crippen LogP contribution >= 0.6 is 35.3 Å². The van der Waals surface area contributed by atoms with Crippen molar-refractivity contribution >= 4 is 51.3 Å². The highest BCUT2D eigenvalue weighted by Gasteiger charge is 2.33. The average molecular weight is 530 g/mol. The average Bonchev–Trinajstić information content (AvgIpc) is 3.32. The molecule has 7 nitrogen and oxygen atoms in total. The fraction of sp³-hybridized carbons (Fsp3) is 0.706. The molecule has 2 rings (SSSR count). The van der Waals surface area contributed by atoms with Crippen LogP contribution in [0.3, 0.4) is 0 Å². The summed E-state index contributed by atoms with van der Waals surface area (Å²) in [5.41, 5.74) is 0.272. The van der Waals surface area contributed by atoms with Gasteiger partial charge < -0.3 is 15.4 Å². The van der Waals surface area contributed by atoms with E-state index in [0.29, 0.717) is 23.3 Å². The van der Waals surface area contributed by atoms with Gasteiger partial charge >= 0.3 is 0 Å². The Kier molecular flexibility index (Phi) is 11.1. The molecule has 27 heavy (non-hydrogen) atoms. The Morgan fingerprint density at radius 2 is 2.04 bits per heavy atom. The number of nitrogens with zero attached hydrogens (tertiary/aromatic N) is 1. The zero-order valence-corrected chi connectivity index (χ0v) is 20.0. The molecule has 10 heteroatoms. The van der Waals surface area contributed by atoms with Gasteiger partial charge in [-0.25, -0.2) is 13.1 Å². The van der Waals surface area contributed by atoms with Crippen molar-refractivity contribution in [2.24, 2.45) is 10.4 Å². The maximum atomic E-state index is 12.1. The van der Waals surface area contributed by atoms with Gasteiger partial charge in [0.2, 0.25) is 10.0 Å². The van der Waals surface area contributed by atoms with Crippen LogP contribution in [0.1, 0.15) is 32.1 Å². The Hall–Kier alpha value is -0.430. The topological polar surface area (TPSA) is 91.8 Å². The molecular weight excluding hydrogens is 499 g/mol. The number of halogens is 1. The van der Waals surface area contributed by atoms with Crippen LogP contribution in [0, 0.1) is 5.41 Å². The molecule has 3 N–H and O–H groups in total. The fourth-order valence-corrected chi connectivity index (χ4v) is 5.37. The Labute approximate surface area is 183 Å². The van der Waals surface area contributed by atoms with E-state index >= 15 is 0 Å². The first-order chi connectivity index (χ1) is 12.5. The van der Waals surface area contributed by atoms with Crippen molar-refractivity contribution in [2.45, 2.75) is 36.3 Å². The van der Waals surface area contributed by atoms with Gasteiger partial charge in [-0.1, -0.05) is 18.9 Å². The van der Waals surface area contributed by atoms with Gasteiger partial charge in [-0.15, -0.1) is 35.3 Å². The summed E-state index contributed by atoms with van der Waals surface area (Å²) in [4.78, 5) is 4.23. The normalized spacial score (nSPS) is 16.7. The molecule has 1 aromatic rings. The standard InChI is InChI=1S/C17H30N4O3S2.HI/c1-18-16(20-14-17(9-12-24-2)7-3-4-8-17)19-10-11-21-26(22,23)15-6-5-13-25-15;/h5-6,13,21H,3-4,7-12,14H2,1-2H3,(H2,18,19,20);1H. The quantitative estimate of drug-likeness (QED) is 0.187. The van der Waals surface area contributed by atoms with Gasteiger partial charge in [0.25, 0.3) is 0 Å². The minimum absolute atomic E-state index is 0. The van der Waals surface area contributed by atoms with Crippen molar-refractivity contribution in [1.29, 1.82) is 0 Å². The van der Waals surface area contributed by atoms with E-state index in [1.54, 1.807) is 31.7 Å². The highest BCUT2D eigenvalue weighted by molar-refractivity contribution is 14.0. The van der Waals surface area contributed by atoms with Crippen molar-refractivity contribution < 1.29 is 13.2 Å². The summed E-state index contributed by atoms with van der Waals surface area (Å²) in [6.45, 7) is 2.40. The van der Waals surface area contributed by atoms with Crippen LogP contribution in [0.15, 0.2) is 26.7 Å². The van der Waals surface area contributed by atoms with Crippen molar-refractivity contribution in [3.63, 3.8) is 0 Å². The van der Waals surface area contributed by atoms with Crippen LogP contribution in [-0.4, -0.2) is 54.8 Å². The van der Waals surface area contributed by atoms with Gasteiger partial charge in [0.1, 0.15) is 4.21 Å². The zero-order valence-electron chi connectivity index (χ0n) is 16.0. The second kappa shape index (κ2) is 12.2.